The van der Waals surface area contributed by atoms with Crippen LogP contribution in [0.5, 0.6) is 5.75 Å². The molecule has 1 saturated carbocycles. The third kappa shape index (κ3) is 3.41. The number of hydrogen-bond acceptors (Lipinski definition) is 3. The molecule has 106 valence electrons. The second-order valence-corrected chi connectivity index (χ2v) is 7.03. The van der Waals surface area contributed by atoms with E-state index in [2.05, 4.69) is 33.0 Å². The Hall–Kier alpha value is -0.330. The number of benzene rings is 1. The van der Waals surface area contributed by atoms with E-state index in [4.69, 9.17) is 4.74 Å². The molecule has 1 fully saturated rings. The van der Waals surface area contributed by atoms with Crippen LogP contribution in [0.15, 0.2) is 24.3 Å². The molecule has 0 aliphatic heterocycles. The van der Waals surface area contributed by atoms with E-state index in [1.54, 1.807) is 7.11 Å². The zero-order valence-electron chi connectivity index (χ0n) is 11.6. The average Bonchev–Trinajstić information content (AvgIpc) is 2.41. The lowest BCUT2D eigenvalue weighted by Crippen LogP contribution is -2.42. The van der Waals surface area contributed by atoms with Crippen LogP contribution in [0.25, 0.3) is 0 Å². The molecule has 1 aromatic carbocycles. The van der Waals surface area contributed by atoms with Gasteiger partial charge in [0.15, 0.2) is 0 Å². The Bertz CT molecular complexity index is 424. The molecular formula is C15H22INO2. The molecule has 1 N–H and O–H groups in total. The molecule has 0 bridgehead atoms. The number of ether oxygens (including phenoxy) is 1. The summed E-state index contributed by atoms with van der Waals surface area (Å²) in [6.07, 6.45) is 4.23. The minimum atomic E-state index is -0.716. The quantitative estimate of drug-likeness (QED) is 0.647. The van der Waals surface area contributed by atoms with E-state index in [1.807, 2.05) is 24.3 Å². The van der Waals surface area contributed by atoms with Gasteiger partial charge in [-0.25, -0.2) is 0 Å². The van der Waals surface area contributed by atoms with Gasteiger partial charge in [0.05, 0.1) is 12.7 Å². The standard InChI is InChI=1S/C15H22INO2/c1-17(16)11-13-6-3-4-9-15(13,18)12-7-5-8-14(10-12)19-2/h5,7-8,10,13,18H,3-4,6,9,11H2,1-2H3. The van der Waals surface area contributed by atoms with Crippen LogP contribution in [-0.4, -0.2) is 28.9 Å². The van der Waals surface area contributed by atoms with Crippen LogP contribution in [0.1, 0.15) is 31.2 Å². The van der Waals surface area contributed by atoms with Gasteiger partial charge in [-0.2, -0.15) is 0 Å². The first kappa shape index (κ1) is 15.1. The minimum absolute atomic E-state index is 0.287. The van der Waals surface area contributed by atoms with Gasteiger partial charge in [-0.3, -0.25) is 3.11 Å². The SMILES string of the molecule is COc1cccc(C2(O)CCCCC2CN(C)I)c1. The summed E-state index contributed by atoms with van der Waals surface area (Å²) in [6, 6.07) is 7.89. The number of aliphatic hydroxyl groups is 1. The van der Waals surface area contributed by atoms with E-state index in [0.717, 1.165) is 37.1 Å². The summed E-state index contributed by atoms with van der Waals surface area (Å²) in [5.41, 5.74) is 0.279. The second-order valence-electron chi connectivity index (χ2n) is 5.39. The first-order valence-corrected chi connectivity index (χ1v) is 7.76. The lowest BCUT2D eigenvalue weighted by Gasteiger charge is -2.41. The van der Waals surface area contributed by atoms with Crippen molar-refractivity contribution in [1.29, 1.82) is 0 Å². The minimum Gasteiger partial charge on any atom is -0.497 e. The normalized spacial score (nSPS) is 27.5. The lowest BCUT2D eigenvalue weighted by molar-refractivity contribution is -0.0569. The zero-order chi connectivity index (χ0) is 13.9. The van der Waals surface area contributed by atoms with Gasteiger partial charge in [-0.15, -0.1) is 0 Å². The van der Waals surface area contributed by atoms with Gasteiger partial charge in [-0.05, 0) is 37.6 Å². The maximum absolute atomic E-state index is 11.2. The van der Waals surface area contributed by atoms with Gasteiger partial charge < -0.3 is 9.84 Å². The van der Waals surface area contributed by atoms with Gasteiger partial charge in [0.2, 0.25) is 0 Å². The Morgan fingerprint density at radius 2 is 2.26 bits per heavy atom. The fourth-order valence-electron chi connectivity index (χ4n) is 3.05. The fourth-order valence-corrected chi connectivity index (χ4v) is 3.52. The van der Waals surface area contributed by atoms with Gasteiger partial charge in [-0.1, -0.05) is 25.0 Å². The van der Waals surface area contributed by atoms with E-state index in [-0.39, 0.29) is 5.92 Å². The summed E-state index contributed by atoms with van der Waals surface area (Å²) in [4.78, 5) is 0. The molecule has 1 aliphatic carbocycles. The first-order chi connectivity index (χ1) is 9.06. The number of rotatable bonds is 4. The van der Waals surface area contributed by atoms with Crippen molar-refractivity contribution < 1.29 is 9.84 Å². The average molecular weight is 375 g/mol. The van der Waals surface area contributed by atoms with E-state index >= 15 is 0 Å². The topological polar surface area (TPSA) is 32.7 Å². The van der Waals surface area contributed by atoms with Crippen molar-refractivity contribution in [2.75, 3.05) is 20.7 Å². The maximum atomic E-state index is 11.2. The molecule has 0 heterocycles. The van der Waals surface area contributed by atoms with Crippen molar-refractivity contribution in [3.8, 4) is 5.75 Å². The predicted octanol–water partition coefficient (Wildman–Crippen LogP) is 3.35. The number of methoxy groups -OCH3 is 1. The molecule has 4 heteroatoms. The number of nitrogens with zero attached hydrogens (tertiary/aromatic N) is 1. The Labute approximate surface area is 129 Å². The van der Waals surface area contributed by atoms with Gasteiger partial charge in [0.25, 0.3) is 0 Å². The summed E-state index contributed by atoms with van der Waals surface area (Å²) in [7, 11) is 3.72. The van der Waals surface area contributed by atoms with Crippen molar-refractivity contribution in [2.45, 2.75) is 31.3 Å². The zero-order valence-corrected chi connectivity index (χ0v) is 13.8. The van der Waals surface area contributed by atoms with Crippen molar-refractivity contribution in [1.82, 2.24) is 3.11 Å². The summed E-state index contributed by atoms with van der Waals surface area (Å²) in [6.45, 7) is 0.911. The van der Waals surface area contributed by atoms with Crippen LogP contribution in [-0.2, 0) is 5.60 Å². The lowest BCUT2D eigenvalue weighted by atomic mass is 9.71. The molecule has 0 saturated heterocycles. The van der Waals surface area contributed by atoms with Crippen molar-refractivity contribution in [3.05, 3.63) is 29.8 Å². The van der Waals surface area contributed by atoms with Crippen LogP contribution < -0.4 is 4.74 Å². The molecule has 19 heavy (non-hydrogen) atoms. The highest BCUT2D eigenvalue weighted by atomic mass is 127. The molecular weight excluding hydrogens is 353 g/mol. The van der Waals surface area contributed by atoms with Crippen molar-refractivity contribution in [2.24, 2.45) is 5.92 Å². The Morgan fingerprint density at radius 3 is 2.95 bits per heavy atom. The van der Waals surface area contributed by atoms with Crippen LogP contribution in [0.4, 0.5) is 0 Å². The fraction of sp³-hybridized carbons (Fsp3) is 0.600. The Kier molecular flexibility index (Phi) is 5.09. The first-order valence-electron chi connectivity index (χ1n) is 6.80. The Morgan fingerprint density at radius 1 is 1.47 bits per heavy atom. The molecule has 3 nitrogen and oxygen atoms in total. The highest BCUT2D eigenvalue weighted by Gasteiger charge is 2.40. The third-order valence-electron chi connectivity index (χ3n) is 4.08. The monoisotopic (exact) mass is 375 g/mol. The predicted molar refractivity (Wildman–Crippen MR) is 85.5 cm³/mol. The third-order valence-corrected chi connectivity index (χ3v) is 4.47. The number of halogens is 1. The summed E-state index contributed by atoms with van der Waals surface area (Å²) >= 11 is 2.29. The molecule has 0 radical (unpaired) electrons. The van der Waals surface area contributed by atoms with E-state index in [0.29, 0.717) is 0 Å². The Balaban J connectivity index is 2.30. The van der Waals surface area contributed by atoms with Crippen molar-refractivity contribution in [3.63, 3.8) is 0 Å². The van der Waals surface area contributed by atoms with E-state index in [1.165, 1.54) is 6.42 Å². The molecule has 2 rings (SSSR count). The van der Waals surface area contributed by atoms with E-state index in [9.17, 15) is 5.11 Å². The molecule has 1 aliphatic rings. The summed E-state index contributed by atoms with van der Waals surface area (Å²) < 4.78 is 7.42. The van der Waals surface area contributed by atoms with Crippen LogP contribution in [0.2, 0.25) is 0 Å². The molecule has 0 amide bonds. The van der Waals surface area contributed by atoms with Gasteiger partial charge >= 0.3 is 0 Å². The molecule has 2 unspecified atom stereocenters. The largest absolute Gasteiger partial charge is 0.497 e. The molecule has 0 spiro atoms. The van der Waals surface area contributed by atoms with Crippen LogP contribution in [0.3, 0.4) is 0 Å². The second kappa shape index (κ2) is 6.41. The molecule has 2 atom stereocenters. The molecule has 0 aromatic heterocycles. The maximum Gasteiger partial charge on any atom is 0.119 e. The van der Waals surface area contributed by atoms with Gasteiger partial charge in [0.1, 0.15) is 5.75 Å². The number of hydrogen-bond donors (Lipinski definition) is 1. The smallest absolute Gasteiger partial charge is 0.119 e. The highest BCUT2D eigenvalue weighted by Crippen LogP contribution is 2.43. The van der Waals surface area contributed by atoms with E-state index < -0.39 is 5.60 Å². The van der Waals surface area contributed by atoms with Crippen LogP contribution in [0, 0.1) is 5.92 Å². The summed E-state index contributed by atoms with van der Waals surface area (Å²) in [5, 5.41) is 11.2. The van der Waals surface area contributed by atoms with Crippen molar-refractivity contribution >= 4 is 22.9 Å². The highest BCUT2D eigenvalue weighted by molar-refractivity contribution is 14.1. The van der Waals surface area contributed by atoms with Gasteiger partial charge in [0, 0.05) is 35.3 Å². The van der Waals surface area contributed by atoms with Crippen LogP contribution >= 0.6 is 22.9 Å². The summed E-state index contributed by atoms with van der Waals surface area (Å²) in [5.74, 6) is 1.10. The molecule has 1 aromatic rings.